The number of carbonyl (C=O) groups excluding carboxylic acids is 2. The van der Waals surface area contributed by atoms with E-state index in [1.165, 1.54) is 12.1 Å². The van der Waals surface area contributed by atoms with E-state index >= 15 is 0 Å². The van der Waals surface area contributed by atoms with Crippen LogP contribution in [0.5, 0.6) is 11.5 Å². The average molecular weight is 484 g/mol. The molecule has 0 unspecified atom stereocenters. The molecule has 1 aliphatic heterocycles. The van der Waals surface area contributed by atoms with Crippen LogP contribution in [-0.4, -0.2) is 29.3 Å². The van der Waals surface area contributed by atoms with Gasteiger partial charge in [0.25, 0.3) is 11.1 Å². The fraction of sp³-hybridized carbons (Fsp3) is 0.120. The highest BCUT2D eigenvalue weighted by molar-refractivity contribution is 8.18. The second-order valence-corrected chi connectivity index (χ2v) is 8.45. The summed E-state index contributed by atoms with van der Waals surface area (Å²) in [6.07, 6.45) is 1.63. The molecule has 2 amide bonds. The van der Waals surface area contributed by atoms with Crippen LogP contribution in [0.15, 0.2) is 77.7 Å². The molecule has 1 heterocycles. The fourth-order valence-electron chi connectivity index (χ4n) is 3.16. The molecule has 1 aliphatic rings. The molecule has 0 aliphatic carbocycles. The lowest BCUT2D eigenvalue weighted by Crippen LogP contribution is -2.27. The van der Waals surface area contributed by atoms with Crippen LogP contribution < -0.4 is 9.47 Å². The van der Waals surface area contributed by atoms with Gasteiger partial charge < -0.3 is 9.47 Å². The number of imide groups is 1. The zero-order chi connectivity index (χ0) is 23.2. The SMILES string of the molecule is O=C1S/C(=C\c2ccccc2OCCOc2ccccc2)C(=O)N1Cc1ccc(F)cc1Cl. The molecule has 3 aromatic carbocycles. The van der Waals surface area contributed by atoms with E-state index in [1.807, 2.05) is 42.5 Å². The van der Waals surface area contributed by atoms with Crippen molar-refractivity contribution in [2.45, 2.75) is 6.54 Å². The number of rotatable bonds is 8. The molecule has 0 spiro atoms. The van der Waals surface area contributed by atoms with Gasteiger partial charge in [-0.15, -0.1) is 0 Å². The fourth-order valence-corrected chi connectivity index (χ4v) is 4.21. The summed E-state index contributed by atoms with van der Waals surface area (Å²) < 4.78 is 24.8. The molecule has 0 bridgehead atoms. The lowest BCUT2D eigenvalue weighted by Gasteiger charge is -2.13. The molecular weight excluding hydrogens is 465 g/mol. The summed E-state index contributed by atoms with van der Waals surface area (Å²) in [5, 5.41) is -0.254. The Morgan fingerprint density at radius 1 is 0.939 bits per heavy atom. The standard InChI is InChI=1S/C25H19ClFNO4S/c26-21-15-19(27)11-10-18(21)16-28-24(29)23(33-25(28)30)14-17-6-4-5-9-22(17)32-13-12-31-20-7-2-1-3-8-20/h1-11,14-15H,12-13,16H2/b23-14-. The summed E-state index contributed by atoms with van der Waals surface area (Å²) >= 11 is 6.89. The average Bonchev–Trinajstić information content (AvgIpc) is 3.07. The van der Waals surface area contributed by atoms with Crippen molar-refractivity contribution in [2.75, 3.05) is 13.2 Å². The van der Waals surface area contributed by atoms with Gasteiger partial charge in [0.05, 0.1) is 11.4 Å². The van der Waals surface area contributed by atoms with Gasteiger partial charge in [-0.2, -0.15) is 0 Å². The predicted octanol–water partition coefficient (Wildman–Crippen LogP) is 6.17. The molecule has 8 heteroatoms. The van der Waals surface area contributed by atoms with Crippen molar-refractivity contribution in [2.24, 2.45) is 0 Å². The van der Waals surface area contributed by atoms with E-state index in [0.717, 1.165) is 28.5 Å². The van der Waals surface area contributed by atoms with E-state index < -0.39 is 17.0 Å². The molecular formula is C25H19ClFNO4S. The van der Waals surface area contributed by atoms with Crippen LogP contribution in [0.4, 0.5) is 9.18 Å². The maximum Gasteiger partial charge on any atom is 0.293 e. The number of hydrogen-bond acceptors (Lipinski definition) is 5. The molecule has 0 radical (unpaired) electrons. The first-order valence-electron chi connectivity index (χ1n) is 10.1. The largest absolute Gasteiger partial charge is 0.490 e. The van der Waals surface area contributed by atoms with Gasteiger partial charge in [0.2, 0.25) is 0 Å². The molecule has 1 fully saturated rings. The topological polar surface area (TPSA) is 55.8 Å². The molecule has 33 heavy (non-hydrogen) atoms. The maximum atomic E-state index is 13.3. The van der Waals surface area contributed by atoms with Crippen molar-refractivity contribution in [3.63, 3.8) is 0 Å². The highest BCUT2D eigenvalue weighted by Crippen LogP contribution is 2.35. The summed E-state index contributed by atoms with van der Waals surface area (Å²) in [4.78, 5) is 26.7. The molecule has 0 N–H and O–H groups in total. The number of para-hydroxylation sites is 2. The number of halogens is 2. The van der Waals surface area contributed by atoms with E-state index in [2.05, 4.69) is 0 Å². The number of ether oxygens (including phenoxy) is 2. The Hall–Kier alpha value is -3.29. The molecule has 1 saturated heterocycles. The normalized spacial score (nSPS) is 14.7. The highest BCUT2D eigenvalue weighted by atomic mass is 35.5. The van der Waals surface area contributed by atoms with Crippen molar-refractivity contribution in [1.82, 2.24) is 4.90 Å². The van der Waals surface area contributed by atoms with E-state index in [4.69, 9.17) is 21.1 Å². The van der Waals surface area contributed by atoms with Gasteiger partial charge in [-0.25, -0.2) is 4.39 Å². The minimum absolute atomic E-state index is 0.0317. The minimum atomic E-state index is -0.483. The first-order chi connectivity index (χ1) is 16.0. The molecule has 0 saturated carbocycles. The third-order valence-electron chi connectivity index (χ3n) is 4.78. The van der Waals surface area contributed by atoms with Crippen LogP contribution >= 0.6 is 23.4 Å². The lowest BCUT2D eigenvalue weighted by atomic mass is 10.1. The van der Waals surface area contributed by atoms with Crippen LogP contribution in [0.1, 0.15) is 11.1 Å². The van der Waals surface area contributed by atoms with Gasteiger partial charge in [0, 0.05) is 10.6 Å². The number of thioether (sulfide) groups is 1. The summed E-state index contributed by atoms with van der Waals surface area (Å²) in [6, 6.07) is 20.5. The van der Waals surface area contributed by atoms with E-state index in [0.29, 0.717) is 30.1 Å². The van der Waals surface area contributed by atoms with E-state index in [9.17, 15) is 14.0 Å². The minimum Gasteiger partial charge on any atom is -0.490 e. The Bertz CT molecular complexity index is 1200. The van der Waals surface area contributed by atoms with Crippen molar-refractivity contribution in [1.29, 1.82) is 0 Å². The molecule has 168 valence electrons. The smallest absolute Gasteiger partial charge is 0.293 e. The zero-order valence-corrected chi connectivity index (χ0v) is 18.9. The zero-order valence-electron chi connectivity index (χ0n) is 17.4. The molecule has 4 rings (SSSR count). The van der Waals surface area contributed by atoms with Gasteiger partial charge in [-0.1, -0.05) is 54.1 Å². The number of benzene rings is 3. The van der Waals surface area contributed by atoms with Crippen molar-refractivity contribution in [3.8, 4) is 11.5 Å². The lowest BCUT2D eigenvalue weighted by molar-refractivity contribution is -0.123. The van der Waals surface area contributed by atoms with Gasteiger partial charge in [-0.05, 0) is 53.7 Å². The van der Waals surface area contributed by atoms with E-state index in [-0.39, 0.29) is 16.5 Å². The van der Waals surface area contributed by atoms with Crippen LogP contribution in [0.2, 0.25) is 5.02 Å². The number of amides is 2. The van der Waals surface area contributed by atoms with Crippen LogP contribution in [0.25, 0.3) is 6.08 Å². The van der Waals surface area contributed by atoms with Crippen molar-refractivity contribution < 1.29 is 23.5 Å². The maximum absolute atomic E-state index is 13.3. The first kappa shape index (κ1) is 22.9. The second-order valence-electron chi connectivity index (χ2n) is 7.05. The van der Waals surface area contributed by atoms with Gasteiger partial charge in [-0.3, -0.25) is 14.5 Å². The third-order valence-corrected chi connectivity index (χ3v) is 6.03. The summed E-state index contributed by atoms with van der Waals surface area (Å²) in [5.41, 5.74) is 1.16. The van der Waals surface area contributed by atoms with Crippen LogP contribution in [-0.2, 0) is 11.3 Å². The number of hydrogen-bond donors (Lipinski definition) is 0. The first-order valence-corrected chi connectivity index (χ1v) is 11.3. The molecule has 5 nitrogen and oxygen atoms in total. The Morgan fingerprint density at radius 3 is 2.45 bits per heavy atom. The quantitative estimate of drug-likeness (QED) is 0.283. The molecule has 0 aromatic heterocycles. The summed E-state index contributed by atoms with van der Waals surface area (Å²) in [6.45, 7) is 0.633. The van der Waals surface area contributed by atoms with Crippen LogP contribution in [0, 0.1) is 5.82 Å². The summed E-state index contributed by atoms with van der Waals surface area (Å²) in [7, 11) is 0. The van der Waals surface area contributed by atoms with E-state index in [1.54, 1.807) is 18.2 Å². The Balaban J connectivity index is 1.43. The van der Waals surface area contributed by atoms with Gasteiger partial charge in [0.1, 0.15) is 30.5 Å². The Labute approximate surface area is 199 Å². The monoisotopic (exact) mass is 483 g/mol. The summed E-state index contributed by atoms with van der Waals surface area (Å²) in [5.74, 6) is 0.406. The highest BCUT2D eigenvalue weighted by Gasteiger charge is 2.35. The Morgan fingerprint density at radius 2 is 1.67 bits per heavy atom. The van der Waals surface area contributed by atoms with Gasteiger partial charge in [0.15, 0.2) is 0 Å². The molecule has 0 atom stereocenters. The molecule has 3 aromatic rings. The van der Waals surface area contributed by atoms with Crippen molar-refractivity contribution >= 4 is 40.6 Å². The van der Waals surface area contributed by atoms with Crippen LogP contribution in [0.3, 0.4) is 0 Å². The second kappa shape index (κ2) is 10.6. The number of nitrogens with zero attached hydrogens (tertiary/aromatic N) is 1. The third kappa shape index (κ3) is 5.74. The number of carbonyl (C=O) groups is 2. The van der Waals surface area contributed by atoms with Crippen molar-refractivity contribution in [3.05, 3.63) is 99.7 Å². The predicted molar refractivity (Wildman–Crippen MR) is 127 cm³/mol. The Kier molecular flexibility index (Phi) is 7.32. The van der Waals surface area contributed by atoms with Gasteiger partial charge >= 0.3 is 0 Å².